The molecule has 0 radical (unpaired) electrons. The number of anilines is 1. The number of aromatic nitrogens is 1. The zero-order valence-electron chi connectivity index (χ0n) is 14.4. The lowest BCUT2D eigenvalue weighted by molar-refractivity contribution is 0.0689. The minimum atomic E-state index is -1.01. The van der Waals surface area contributed by atoms with Crippen molar-refractivity contribution in [2.24, 2.45) is 0 Å². The fraction of sp³-hybridized carbons (Fsp3) is 0.250. The predicted octanol–water partition coefficient (Wildman–Crippen LogP) is 6.28. The average molecular weight is 424 g/mol. The summed E-state index contributed by atoms with van der Waals surface area (Å²) in [6.45, 7) is 1.58. The van der Waals surface area contributed by atoms with Gasteiger partial charge in [0.2, 0.25) is 0 Å². The van der Waals surface area contributed by atoms with E-state index in [9.17, 15) is 9.90 Å². The van der Waals surface area contributed by atoms with Gasteiger partial charge in [-0.1, -0.05) is 40.9 Å². The standard InChI is InChI=1S/C20H17Cl3N2O2/c21-12-5-4-6-13(11-12)25-15-8-7-14(22)17(23)16(15)18(19(25)20(26)27)24-9-2-1-3-10-24/h4-8,11H,1-3,9-10H2,(H,26,27). The molecule has 0 unspecified atom stereocenters. The molecule has 1 fully saturated rings. The van der Waals surface area contributed by atoms with Gasteiger partial charge in [0, 0.05) is 29.2 Å². The van der Waals surface area contributed by atoms with Crippen molar-refractivity contribution in [3.05, 3.63) is 57.2 Å². The molecule has 0 spiro atoms. The van der Waals surface area contributed by atoms with Gasteiger partial charge in [-0.05, 0) is 49.6 Å². The molecule has 3 aromatic rings. The summed E-state index contributed by atoms with van der Waals surface area (Å²) >= 11 is 19.0. The Hall–Kier alpha value is -1.88. The van der Waals surface area contributed by atoms with Gasteiger partial charge in [0.1, 0.15) is 0 Å². The van der Waals surface area contributed by atoms with Crippen LogP contribution in [0.5, 0.6) is 0 Å². The number of fused-ring (bicyclic) bond motifs is 1. The van der Waals surface area contributed by atoms with Gasteiger partial charge >= 0.3 is 5.97 Å². The Morgan fingerprint density at radius 1 is 1.00 bits per heavy atom. The first-order valence-corrected chi connectivity index (χ1v) is 9.89. The quantitative estimate of drug-likeness (QED) is 0.539. The number of hydrogen-bond acceptors (Lipinski definition) is 2. The topological polar surface area (TPSA) is 45.5 Å². The summed E-state index contributed by atoms with van der Waals surface area (Å²) in [5.74, 6) is -1.01. The van der Waals surface area contributed by atoms with Crippen LogP contribution in [0, 0.1) is 0 Å². The number of piperidine rings is 1. The molecular weight excluding hydrogens is 407 g/mol. The van der Waals surface area contributed by atoms with Crippen molar-refractivity contribution in [2.45, 2.75) is 19.3 Å². The Labute approximate surface area is 171 Å². The van der Waals surface area contributed by atoms with Crippen LogP contribution in [0.15, 0.2) is 36.4 Å². The maximum Gasteiger partial charge on any atom is 0.355 e. The van der Waals surface area contributed by atoms with E-state index in [0.717, 1.165) is 32.4 Å². The zero-order valence-corrected chi connectivity index (χ0v) is 16.7. The molecule has 0 amide bonds. The van der Waals surface area contributed by atoms with E-state index < -0.39 is 5.97 Å². The molecule has 0 bridgehead atoms. The van der Waals surface area contributed by atoms with Crippen LogP contribution in [-0.2, 0) is 0 Å². The molecule has 0 aliphatic carbocycles. The molecule has 140 valence electrons. The summed E-state index contributed by atoms with van der Waals surface area (Å²) in [4.78, 5) is 14.5. The Bertz CT molecular complexity index is 1040. The Balaban J connectivity index is 2.12. The SMILES string of the molecule is O=C(O)c1c(N2CCCCC2)c2c(Cl)c(Cl)ccc2n1-c1cccc(Cl)c1. The van der Waals surface area contributed by atoms with Gasteiger partial charge in [-0.2, -0.15) is 0 Å². The van der Waals surface area contributed by atoms with Crippen molar-refractivity contribution in [1.29, 1.82) is 0 Å². The number of aromatic carboxylic acids is 1. The minimum Gasteiger partial charge on any atom is -0.476 e. The minimum absolute atomic E-state index is 0.179. The van der Waals surface area contributed by atoms with Crippen molar-refractivity contribution >= 4 is 57.4 Å². The van der Waals surface area contributed by atoms with Crippen LogP contribution in [0.3, 0.4) is 0 Å². The summed E-state index contributed by atoms with van der Waals surface area (Å²) in [6, 6.07) is 10.6. The average Bonchev–Trinajstić information content (AvgIpc) is 3.01. The highest BCUT2D eigenvalue weighted by atomic mass is 35.5. The highest BCUT2D eigenvalue weighted by Crippen LogP contribution is 2.43. The van der Waals surface area contributed by atoms with Crippen LogP contribution in [0.25, 0.3) is 16.6 Å². The Morgan fingerprint density at radius 2 is 1.74 bits per heavy atom. The van der Waals surface area contributed by atoms with E-state index in [1.54, 1.807) is 28.8 Å². The highest BCUT2D eigenvalue weighted by molar-refractivity contribution is 6.46. The number of nitrogens with zero attached hydrogens (tertiary/aromatic N) is 2. The molecule has 2 heterocycles. The lowest BCUT2D eigenvalue weighted by atomic mass is 10.1. The van der Waals surface area contributed by atoms with Crippen molar-refractivity contribution in [3.63, 3.8) is 0 Å². The second-order valence-corrected chi connectivity index (χ2v) is 7.84. The lowest BCUT2D eigenvalue weighted by Gasteiger charge is -2.29. The lowest BCUT2D eigenvalue weighted by Crippen LogP contribution is -2.30. The van der Waals surface area contributed by atoms with E-state index in [1.165, 1.54) is 0 Å². The third kappa shape index (κ3) is 3.16. The zero-order chi connectivity index (χ0) is 19.1. The molecule has 1 aromatic heterocycles. The fourth-order valence-corrected chi connectivity index (χ4v) is 4.39. The van der Waals surface area contributed by atoms with Gasteiger partial charge in [0.25, 0.3) is 0 Å². The van der Waals surface area contributed by atoms with Gasteiger partial charge in [0.15, 0.2) is 5.69 Å². The van der Waals surface area contributed by atoms with E-state index >= 15 is 0 Å². The number of carboxylic acid groups (broad SMARTS) is 1. The summed E-state index contributed by atoms with van der Waals surface area (Å²) < 4.78 is 1.70. The van der Waals surface area contributed by atoms with Gasteiger partial charge in [-0.25, -0.2) is 4.79 Å². The highest BCUT2D eigenvalue weighted by Gasteiger charge is 2.30. The van der Waals surface area contributed by atoms with E-state index in [4.69, 9.17) is 34.8 Å². The first kappa shape index (κ1) is 18.5. The van der Waals surface area contributed by atoms with Gasteiger partial charge in [-0.15, -0.1) is 0 Å². The summed E-state index contributed by atoms with van der Waals surface area (Å²) in [6.07, 6.45) is 3.17. The molecular formula is C20H17Cl3N2O2. The molecule has 1 aliphatic rings. The Morgan fingerprint density at radius 3 is 2.41 bits per heavy atom. The van der Waals surface area contributed by atoms with Gasteiger partial charge in [0.05, 0.1) is 21.2 Å². The molecule has 1 aliphatic heterocycles. The summed E-state index contributed by atoms with van der Waals surface area (Å²) in [7, 11) is 0. The number of benzene rings is 2. The van der Waals surface area contributed by atoms with E-state index in [-0.39, 0.29) is 5.69 Å². The summed E-state index contributed by atoms with van der Waals surface area (Å²) in [5.41, 5.74) is 2.18. The number of carboxylic acids is 1. The Kier molecular flexibility index (Phi) is 4.97. The third-order valence-corrected chi connectivity index (χ3v) is 5.98. The van der Waals surface area contributed by atoms with Crippen LogP contribution < -0.4 is 4.90 Å². The number of halogens is 3. The number of rotatable bonds is 3. The van der Waals surface area contributed by atoms with Crippen LogP contribution >= 0.6 is 34.8 Å². The van der Waals surface area contributed by atoms with Gasteiger partial charge in [-0.3, -0.25) is 0 Å². The van der Waals surface area contributed by atoms with Crippen molar-refractivity contribution in [1.82, 2.24) is 4.57 Å². The van der Waals surface area contributed by atoms with E-state index in [2.05, 4.69) is 4.90 Å². The molecule has 0 saturated carbocycles. The van der Waals surface area contributed by atoms with Crippen molar-refractivity contribution < 1.29 is 9.90 Å². The first-order chi connectivity index (χ1) is 13.0. The van der Waals surface area contributed by atoms with Crippen LogP contribution in [0.1, 0.15) is 29.8 Å². The molecule has 7 heteroatoms. The van der Waals surface area contributed by atoms with Crippen LogP contribution in [0.2, 0.25) is 15.1 Å². The van der Waals surface area contributed by atoms with Crippen molar-refractivity contribution in [3.8, 4) is 5.69 Å². The second-order valence-electron chi connectivity index (χ2n) is 6.62. The third-order valence-electron chi connectivity index (χ3n) is 4.94. The molecule has 4 rings (SSSR count). The van der Waals surface area contributed by atoms with Crippen LogP contribution in [-0.4, -0.2) is 28.7 Å². The normalized spacial score (nSPS) is 14.7. The maximum atomic E-state index is 12.4. The molecule has 0 atom stereocenters. The predicted molar refractivity (Wildman–Crippen MR) is 111 cm³/mol. The van der Waals surface area contributed by atoms with Gasteiger partial charge < -0.3 is 14.6 Å². The number of carbonyl (C=O) groups is 1. The van der Waals surface area contributed by atoms with Crippen LogP contribution in [0.4, 0.5) is 5.69 Å². The molecule has 4 nitrogen and oxygen atoms in total. The summed E-state index contributed by atoms with van der Waals surface area (Å²) in [5, 5.41) is 12.1. The largest absolute Gasteiger partial charge is 0.476 e. The second kappa shape index (κ2) is 7.27. The number of hydrogen-bond donors (Lipinski definition) is 1. The molecule has 1 N–H and O–H groups in total. The van der Waals surface area contributed by atoms with E-state index in [1.807, 2.05) is 12.1 Å². The molecule has 1 saturated heterocycles. The maximum absolute atomic E-state index is 12.4. The molecule has 27 heavy (non-hydrogen) atoms. The molecule has 2 aromatic carbocycles. The monoisotopic (exact) mass is 422 g/mol. The fourth-order valence-electron chi connectivity index (χ4n) is 3.80. The first-order valence-electron chi connectivity index (χ1n) is 8.75. The van der Waals surface area contributed by atoms with E-state index in [0.29, 0.717) is 37.3 Å². The smallest absolute Gasteiger partial charge is 0.355 e. The van der Waals surface area contributed by atoms with Crippen molar-refractivity contribution in [2.75, 3.05) is 18.0 Å².